The van der Waals surface area contributed by atoms with Gasteiger partial charge in [0.15, 0.2) is 0 Å². The summed E-state index contributed by atoms with van der Waals surface area (Å²) in [6.45, 7) is 3.52. The summed E-state index contributed by atoms with van der Waals surface area (Å²) in [6.07, 6.45) is 0.634. The summed E-state index contributed by atoms with van der Waals surface area (Å²) in [7, 11) is 0. The summed E-state index contributed by atoms with van der Waals surface area (Å²) in [5.41, 5.74) is 1.70. The summed E-state index contributed by atoms with van der Waals surface area (Å²) in [6, 6.07) is 13.0. The van der Waals surface area contributed by atoms with E-state index in [1.54, 1.807) is 30.3 Å². The van der Waals surface area contributed by atoms with E-state index in [2.05, 4.69) is 4.90 Å². The Bertz CT molecular complexity index is 802. The Kier molecular flexibility index (Phi) is 6.13. The van der Waals surface area contributed by atoms with E-state index in [0.29, 0.717) is 25.1 Å². The van der Waals surface area contributed by atoms with Crippen molar-refractivity contribution in [1.82, 2.24) is 9.80 Å². The van der Waals surface area contributed by atoms with Gasteiger partial charge < -0.3 is 4.90 Å². The van der Waals surface area contributed by atoms with Gasteiger partial charge in [0.2, 0.25) is 5.91 Å². The molecule has 0 aromatic heterocycles. The van der Waals surface area contributed by atoms with Crippen molar-refractivity contribution in [2.45, 2.75) is 19.4 Å². The molecule has 1 aliphatic heterocycles. The predicted molar refractivity (Wildman–Crippen MR) is 99.7 cm³/mol. The molecule has 0 unspecified atom stereocenters. The number of para-hydroxylation sites is 1. The number of nitrogens with zero attached hydrogens (tertiary/aromatic N) is 3. The lowest BCUT2D eigenvalue weighted by atomic mass is 10.1. The van der Waals surface area contributed by atoms with Crippen molar-refractivity contribution in [2.24, 2.45) is 0 Å². The maximum atomic E-state index is 13.0. The van der Waals surface area contributed by atoms with Crippen molar-refractivity contribution in [3.63, 3.8) is 0 Å². The van der Waals surface area contributed by atoms with E-state index in [1.165, 1.54) is 18.2 Å². The Balaban J connectivity index is 1.47. The van der Waals surface area contributed by atoms with Crippen LogP contribution >= 0.6 is 0 Å². The first-order chi connectivity index (χ1) is 13.0. The standard InChI is InChI=1S/C20H22FN3O3/c21-18-8-5-16(6-9-18)15-22-11-13-23(14-12-22)20(25)10-7-17-3-1-2-4-19(17)24(26)27/h1-6,8-9H,7,10-15H2. The minimum atomic E-state index is -0.409. The third kappa shape index (κ3) is 5.10. The second-order valence-electron chi connectivity index (χ2n) is 6.67. The van der Waals surface area contributed by atoms with Gasteiger partial charge in [-0.3, -0.25) is 19.8 Å². The lowest BCUT2D eigenvalue weighted by Crippen LogP contribution is -2.48. The van der Waals surface area contributed by atoms with Crippen LogP contribution in [-0.4, -0.2) is 46.8 Å². The van der Waals surface area contributed by atoms with Crippen LogP contribution in [-0.2, 0) is 17.8 Å². The monoisotopic (exact) mass is 371 g/mol. The summed E-state index contributed by atoms with van der Waals surface area (Å²) >= 11 is 0. The van der Waals surface area contributed by atoms with Crippen LogP contribution in [0.15, 0.2) is 48.5 Å². The molecular weight excluding hydrogens is 349 g/mol. The summed E-state index contributed by atoms with van der Waals surface area (Å²) in [5.74, 6) is -0.220. The molecule has 1 aliphatic rings. The van der Waals surface area contributed by atoms with Gasteiger partial charge in [0.05, 0.1) is 4.92 Å². The number of carbonyl (C=O) groups excluding carboxylic acids is 1. The van der Waals surface area contributed by atoms with Crippen molar-refractivity contribution >= 4 is 11.6 Å². The molecule has 0 aliphatic carbocycles. The van der Waals surface area contributed by atoms with E-state index in [4.69, 9.17) is 0 Å². The molecular formula is C20H22FN3O3. The third-order valence-electron chi connectivity index (χ3n) is 4.84. The second kappa shape index (κ2) is 8.73. The van der Waals surface area contributed by atoms with Crippen molar-refractivity contribution in [3.05, 3.63) is 75.6 Å². The molecule has 1 saturated heterocycles. The van der Waals surface area contributed by atoms with Crippen molar-refractivity contribution in [3.8, 4) is 0 Å². The maximum absolute atomic E-state index is 13.0. The molecule has 0 bridgehead atoms. The van der Waals surface area contributed by atoms with E-state index < -0.39 is 4.92 Å². The normalized spacial score (nSPS) is 14.9. The molecule has 1 heterocycles. The first-order valence-corrected chi connectivity index (χ1v) is 9.00. The number of nitro groups is 1. The van der Waals surface area contributed by atoms with Gasteiger partial charge in [0, 0.05) is 50.8 Å². The molecule has 0 spiro atoms. The molecule has 142 valence electrons. The van der Waals surface area contributed by atoms with Crippen LogP contribution < -0.4 is 0 Å². The summed E-state index contributed by atoms with van der Waals surface area (Å²) in [5, 5.41) is 11.1. The number of piperazine rings is 1. The maximum Gasteiger partial charge on any atom is 0.272 e. The fourth-order valence-corrected chi connectivity index (χ4v) is 3.30. The zero-order valence-corrected chi connectivity index (χ0v) is 15.0. The van der Waals surface area contributed by atoms with Crippen molar-refractivity contribution < 1.29 is 14.1 Å². The lowest BCUT2D eigenvalue weighted by Gasteiger charge is -2.34. The highest BCUT2D eigenvalue weighted by Gasteiger charge is 2.22. The van der Waals surface area contributed by atoms with Gasteiger partial charge in [-0.1, -0.05) is 30.3 Å². The number of benzene rings is 2. The molecule has 3 rings (SSSR count). The number of aryl methyl sites for hydroxylation is 1. The van der Waals surface area contributed by atoms with Gasteiger partial charge >= 0.3 is 0 Å². The van der Waals surface area contributed by atoms with Crippen LogP contribution in [0.25, 0.3) is 0 Å². The fraction of sp³-hybridized carbons (Fsp3) is 0.350. The van der Waals surface area contributed by atoms with E-state index in [9.17, 15) is 19.3 Å². The summed E-state index contributed by atoms with van der Waals surface area (Å²) in [4.78, 5) is 27.1. The number of carbonyl (C=O) groups is 1. The lowest BCUT2D eigenvalue weighted by molar-refractivity contribution is -0.385. The second-order valence-corrected chi connectivity index (χ2v) is 6.67. The smallest absolute Gasteiger partial charge is 0.272 e. The first kappa shape index (κ1) is 19.0. The molecule has 6 nitrogen and oxygen atoms in total. The van der Waals surface area contributed by atoms with Crippen LogP contribution in [0.2, 0.25) is 0 Å². The quantitative estimate of drug-likeness (QED) is 0.578. The zero-order chi connectivity index (χ0) is 19.2. The molecule has 1 amide bonds. The Morgan fingerprint density at radius 2 is 1.70 bits per heavy atom. The van der Waals surface area contributed by atoms with Gasteiger partial charge in [-0.2, -0.15) is 0 Å². The van der Waals surface area contributed by atoms with Crippen molar-refractivity contribution in [1.29, 1.82) is 0 Å². The highest BCUT2D eigenvalue weighted by molar-refractivity contribution is 5.76. The number of rotatable bonds is 6. The average Bonchev–Trinajstić information content (AvgIpc) is 2.68. The predicted octanol–water partition coefficient (Wildman–Crippen LogP) is 3.01. The zero-order valence-electron chi connectivity index (χ0n) is 15.0. The van der Waals surface area contributed by atoms with Gasteiger partial charge in [-0.05, 0) is 24.1 Å². The van der Waals surface area contributed by atoms with E-state index in [1.807, 2.05) is 4.90 Å². The largest absolute Gasteiger partial charge is 0.340 e. The Morgan fingerprint density at radius 3 is 2.37 bits per heavy atom. The minimum Gasteiger partial charge on any atom is -0.340 e. The Morgan fingerprint density at radius 1 is 1.04 bits per heavy atom. The highest BCUT2D eigenvalue weighted by Crippen LogP contribution is 2.20. The van der Waals surface area contributed by atoms with Crippen LogP contribution in [0.1, 0.15) is 17.5 Å². The van der Waals surface area contributed by atoms with Gasteiger partial charge in [0.1, 0.15) is 5.82 Å². The van der Waals surface area contributed by atoms with Crippen LogP contribution in [0.5, 0.6) is 0 Å². The first-order valence-electron chi connectivity index (χ1n) is 9.00. The minimum absolute atomic E-state index is 0.0228. The molecule has 2 aromatic carbocycles. The molecule has 0 N–H and O–H groups in total. The number of nitro benzene ring substituents is 1. The van der Waals surface area contributed by atoms with Crippen LogP contribution in [0.4, 0.5) is 10.1 Å². The molecule has 0 radical (unpaired) electrons. The van der Waals surface area contributed by atoms with Crippen molar-refractivity contribution in [2.75, 3.05) is 26.2 Å². The number of halogens is 1. The molecule has 0 saturated carbocycles. The highest BCUT2D eigenvalue weighted by atomic mass is 19.1. The molecule has 0 atom stereocenters. The Hall–Kier alpha value is -2.80. The Labute approximate surface area is 157 Å². The topological polar surface area (TPSA) is 66.7 Å². The van der Waals surface area contributed by atoms with Crippen LogP contribution in [0.3, 0.4) is 0 Å². The van der Waals surface area contributed by atoms with Gasteiger partial charge in [-0.25, -0.2) is 4.39 Å². The van der Waals surface area contributed by atoms with E-state index in [-0.39, 0.29) is 23.8 Å². The molecule has 1 fully saturated rings. The number of amides is 1. The van der Waals surface area contributed by atoms with Crippen LogP contribution in [0, 0.1) is 15.9 Å². The third-order valence-corrected chi connectivity index (χ3v) is 4.84. The van der Waals surface area contributed by atoms with E-state index in [0.717, 1.165) is 25.2 Å². The molecule has 27 heavy (non-hydrogen) atoms. The summed E-state index contributed by atoms with van der Waals surface area (Å²) < 4.78 is 13.0. The van der Waals surface area contributed by atoms with Gasteiger partial charge in [-0.15, -0.1) is 0 Å². The molecule has 7 heteroatoms. The number of hydrogen-bond acceptors (Lipinski definition) is 4. The van der Waals surface area contributed by atoms with Gasteiger partial charge in [0.25, 0.3) is 5.69 Å². The average molecular weight is 371 g/mol. The fourth-order valence-electron chi connectivity index (χ4n) is 3.30. The number of hydrogen-bond donors (Lipinski definition) is 0. The van der Waals surface area contributed by atoms with E-state index >= 15 is 0 Å². The molecule has 2 aromatic rings. The SMILES string of the molecule is O=C(CCc1ccccc1[N+](=O)[O-])N1CCN(Cc2ccc(F)cc2)CC1.